The highest BCUT2D eigenvalue weighted by molar-refractivity contribution is 5.92. The van der Waals surface area contributed by atoms with Gasteiger partial charge in [-0.15, -0.1) is 0 Å². The van der Waals surface area contributed by atoms with E-state index in [0.717, 1.165) is 25.2 Å². The normalized spacial score (nSPS) is 13.9. The lowest BCUT2D eigenvalue weighted by Crippen LogP contribution is -2.29. The molecule has 0 saturated carbocycles. The van der Waals surface area contributed by atoms with Crippen molar-refractivity contribution in [3.63, 3.8) is 0 Å². The van der Waals surface area contributed by atoms with Crippen LogP contribution in [0.5, 0.6) is 0 Å². The molecule has 142 valence electrons. The van der Waals surface area contributed by atoms with Gasteiger partial charge in [0.15, 0.2) is 0 Å². The summed E-state index contributed by atoms with van der Waals surface area (Å²) in [5, 5.41) is 5.60. The third-order valence-electron chi connectivity index (χ3n) is 4.79. The molecule has 0 bridgehead atoms. The maximum atomic E-state index is 12.2. The first-order valence-corrected chi connectivity index (χ1v) is 9.61. The maximum Gasteiger partial charge on any atom is 0.224 e. The van der Waals surface area contributed by atoms with Gasteiger partial charge in [0.05, 0.1) is 0 Å². The van der Waals surface area contributed by atoms with E-state index in [1.807, 2.05) is 0 Å². The van der Waals surface area contributed by atoms with Crippen molar-refractivity contribution < 1.29 is 9.59 Å². The van der Waals surface area contributed by atoms with Crippen LogP contribution in [0.3, 0.4) is 0 Å². The zero-order valence-electron chi connectivity index (χ0n) is 15.8. The molecule has 2 N–H and O–H groups in total. The van der Waals surface area contributed by atoms with Crippen molar-refractivity contribution in [1.82, 2.24) is 0 Å². The first-order chi connectivity index (χ1) is 13.1. The Bertz CT molecular complexity index is 763. The molecule has 27 heavy (non-hydrogen) atoms. The van der Waals surface area contributed by atoms with Crippen LogP contribution in [0.2, 0.25) is 0 Å². The number of hydrogen-bond donors (Lipinski definition) is 2. The highest BCUT2D eigenvalue weighted by atomic mass is 16.2. The second kappa shape index (κ2) is 9.21. The quantitative estimate of drug-likeness (QED) is 0.806. The number of aryl methyl sites for hydroxylation is 1. The van der Waals surface area contributed by atoms with Gasteiger partial charge in [-0.1, -0.05) is 12.1 Å². The fraction of sp³-hybridized carbons (Fsp3) is 0.364. The van der Waals surface area contributed by atoms with Gasteiger partial charge in [-0.2, -0.15) is 0 Å². The van der Waals surface area contributed by atoms with Gasteiger partial charge in [-0.05, 0) is 67.6 Å². The number of carbonyl (C=O) groups is 2. The topological polar surface area (TPSA) is 61.4 Å². The second-order valence-corrected chi connectivity index (χ2v) is 7.02. The molecule has 0 aliphatic carbocycles. The Morgan fingerprint density at radius 3 is 2.04 bits per heavy atom. The molecule has 1 aliphatic rings. The average Bonchev–Trinajstić information content (AvgIpc) is 2.69. The van der Waals surface area contributed by atoms with Crippen molar-refractivity contribution in [1.29, 1.82) is 0 Å². The van der Waals surface area contributed by atoms with Crippen LogP contribution in [-0.2, 0) is 16.0 Å². The first kappa shape index (κ1) is 19.0. The number of nitrogens with one attached hydrogen (secondary N) is 2. The van der Waals surface area contributed by atoms with Gasteiger partial charge in [0, 0.05) is 43.5 Å². The minimum atomic E-state index is -0.113. The van der Waals surface area contributed by atoms with Gasteiger partial charge in [0.2, 0.25) is 11.8 Å². The zero-order chi connectivity index (χ0) is 19.1. The summed E-state index contributed by atoms with van der Waals surface area (Å²) < 4.78 is 0. The Hall–Kier alpha value is -2.82. The Labute approximate surface area is 160 Å². The number of rotatable bonds is 6. The highest BCUT2D eigenvalue weighted by Gasteiger charge is 2.11. The molecule has 0 radical (unpaired) electrons. The molecule has 0 unspecified atom stereocenters. The van der Waals surface area contributed by atoms with Crippen molar-refractivity contribution >= 4 is 28.9 Å². The van der Waals surface area contributed by atoms with Crippen LogP contribution in [-0.4, -0.2) is 24.9 Å². The van der Waals surface area contributed by atoms with E-state index in [2.05, 4.69) is 39.8 Å². The maximum absolute atomic E-state index is 12.2. The van der Waals surface area contributed by atoms with Crippen molar-refractivity contribution in [3.8, 4) is 0 Å². The lowest BCUT2D eigenvalue weighted by Gasteiger charge is -2.28. The predicted octanol–water partition coefficient (Wildman–Crippen LogP) is 4.21. The van der Waals surface area contributed by atoms with E-state index in [0.29, 0.717) is 12.1 Å². The molecular formula is C22H27N3O2. The van der Waals surface area contributed by atoms with E-state index in [1.54, 1.807) is 24.3 Å². The Balaban J connectivity index is 1.46. The van der Waals surface area contributed by atoms with Crippen LogP contribution < -0.4 is 15.5 Å². The summed E-state index contributed by atoms with van der Waals surface area (Å²) in [5.74, 6) is -0.125. The van der Waals surface area contributed by atoms with E-state index >= 15 is 0 Å². The van der Waals surface area contributed by atoms with Gasteiger partial charge >= 0.3 is 0 Å². The number of amides is 2. The third-order valence-corrected chi connectivity index (χ3v) is 4.79. The standard InChI is InChI=1S/C22H27N3O2/c1-17(26)23-19-8-10-20(11-9-19)24-22(27)14-7-18-5-12-21(13-6-18)25-15-3-2-4-16-25/h5-6,8-13H,2-4,7,14-16H2,1H3,(H,23,26)(H,24,27). The highest BCUT2D eigenvalue weighted by Crippen LogP contribution is 2.21. The van der Waals surface area contributed by atoms with Gasteiger partial charge in [-0.3, -0.25) is 9.59 Å². The molecule has 1 heterocycles. The molecule has 1 saturated heterocycles. The number of hydrogen-bond acceptors (Lipinski definition) is 3. The molecule has 3 rings (SSSR count). The molecule has 1 aliphatic heterocycles. The molecule has 5 nitrogen and oxygen atoms in total. The molecule has 0 atom stereocenters. The molecule has 5 heteroatoms. The Kier molecular flexibility index (Phi) is 6.47. The summed E-state index contributed by atoms with van der Waals surface area (Å²) in [6.45, 7) is 3.75. The molecule has 2 amide bonds. The van der Waals surface area contributed by atoms with Crippen LogP contribution >= 0.6 is 0 Å². The number of nitrogens with zero attached hydrogens (tertiary/aromatic N) is 1. The summed E-state index contributed by atoms with van der Waals surface area (Å²) >= 11 is 0. The van der Waals surface area contributed by atoms with Crippen molar-refractivity contribution in [2.24, 2.45) is 0 Å². The van der Waals surface area contributed by atoms with E-state index in [9.17, 15) is 9.59 Å². The fourth-order valence-electron chi connectivity index (χ4n) is 3.35. The number of benzene rings is 2. The summed E-state index contributed by atoms with van der Waals surface area (Å²) in [7, 11) is 0. The Morgan fingerprint density at radius 1 is 0.852 bits per heavy atom. The minimum Gasteiger partial charge on any atom is -0.372 e. The minimum absolute atomic E-state index is 0.0117. The lowest BCUT2D eigenvalue weighted by molar-refractivity contribution is -0.116. The first-order valence-electron chi connectivity index (χ1n) is 9.61. The predicted molar refractivity (Wildman–Crippen MR) is 110 cm³/mol. The van der Waals surface area contributed by atoms with Gasteiger partial charge in [0.1, 0.15) is 0 Å². The van der Waals surface area contributed by atoms with Gasteiger partial charge in [0.25, 0.3) is 0 Å². The van der Waals surface area contributed by atoms with Crippen LogP contribution in [0.25, 0.3) is 0 Å². The summed E-state index contributed by atoms with van der Waals surface area (Å²) in [6, 6.07) is 15.7. The zero-order valence-corrected chi connectivity index (χ0v) is 15.8. The van der Waals surface area contributed by atoms with Crippen LogP contribution in [0, 0.1) is 0 Å². The largest absolute Gasteiger partial charge is 0.372 e. The molecule has 0 aromatic heterocycles. The summed E-state index contributed by atoms with van der Waals surface area (Å²) in [5.41, 5.74) is 3.90. The van der Waals surface area contributed by atoms with E-state index in [-0.39, 0.29) is 11.8 Å². The number of carbonyl (C=O) groups excluding carboxylic acids is 2. The monoisotopic (exact) mass is 365 g/mol. The van der Waals surface area contributed by atoms with Crippen LogP contribution in [0.1, 0.15) is 38.2 Å². The summed E-state index contributed by atoms with van der Waals surface area (Å²) in [4.78, 5) is 25.6. The van der Waals surface area contributed by atoms with Gasteiger partial charge in [-0.25, -0.2) is 0 Å². The number of anilines is 3. The lowest BCUT2D eigenvalue weighted by atomic mass is 10.1. The second-order valence-electron chi connectivity index (χ2n) is 7.02. The summed E-state index contributed by atoms with van der Waals surface area (Å²) in [6.07, 6.45) is 5.04. The van der Waals surface area contributed by atoms with Gasteiger partial charge < -0.3 is 15.5 Å². The van der Waals surface area contributed by atoms with E-state index < -0.39 is 0 Å². The molecule has 2 aromatic rings. The molecular weight excluding hydrogens is 338 g/mol. The van der Waals surface area contributed by atoms with Crippen molar-refractivity contribution in [2.75, 3.05) is 28.6 Å². The van der Waals surface area contributed by atoms with E-state index in [4.69, 9.17) is 0 Å². The molecule has 2 aromatic carbocycles. The average molecular weight is 365 g/mol. The third kappa shape index (κ3) is 5.84. The fourth-order valence-corrected chi connectivity index (χ4v) is 3.35. The number of piperidine rings is 1. The van der Waals surface area contributed by atoms with Crippen LogP contribution in [0.15, 0.2) is 48.5 Å². The van der Waals surface area contributed by atoms with Crippen molar-refractivity contribution in [2.45, 2.75) is 39.0 Å². The smallest absolute Gasteiger partial charge is 0.224 e. The Morgan fingerprint density at radius 2 is 1.44 bits per heavy atom. The molecule has 0 spiro atoms. The molecule has 1 fully saturated rings. The van der Waals surface area contributed by atoms with E-state index in [1.165, 1.54) is 37.4 Å². The van der Waals surface area contributed by atoms with Crippen LogP contribution in [0.4, 0.5) is 17.1 Å². The SMILES string of the molecule is CC(=O)Nc1ccc(NC(=O)CCc2ccc(N3CCCCC3)cc2)cc1. The van der Waals surface area contributed by atoms with Crippen molar-refractivity contribution in [3.05, 3.63) is 54.1 Å².